The third-order valence-corrected chi connectivity index (χ3v) is 4.29. The number of hydrazine groups is 1. The molecule has 0 aromatic heterocycles. The van der Waals surface area contributed by atoms with Crippen molar-refractivity contribution in [2.24, 2.45) is 0 Å². The predicted octanol–water partition coefficient (Wildman–Crippen LogP) is 2.60. The van der Waals surface area contributed by atoms with Crippen LogP contribution in [0.15, 0.2) is 54.6 Å². The maximum Gasteiger partial charge on any atom is 0.0995 e. The molecule has 118 valence electrons. The molecule has 2 aromatic rings. The van der Waals surface area contributed by atoms with E-state index in [1.807, 2.05) is 30.3 Å². The van der Waals surface area contributed by atoms with Crippen molar-refractivity contribution in [3.8, 4) is 6.07 Å². The SMILES string of the molecule is CN(Cc1ccccc1C#N)CC1CC(c2ccccc2)NN1. The molecule has 0 aliphatic carbocycles. The molecular weight excluding hydrogens is 284 g/mol. The van der Waals surface area contributed by atoms with Crippen LogP contribution in [0, 0.1) is 11.3 Å². The van der Waals surface area contributed by atoms with Crippen LogP contribution in [0.1, 0.15) is 29.2 Å². The lowest BCUT2D eigenvalue weighted by Crippen LogP contribution is -2.38. The summed E-state index contributed by atoms with van der Waals surface area (Å²) in [4.78, 5) is 2.27. The van der Waals surface area contributed by atoms with Crippen LogP contribution in [0.4, 0.5) is 0 Å². The van der Waals surface area contributed by atoms with E-state index in [-0.39, 0.29) is 0 Å². The number of hydrogen-bond acceptors (Lipinski definition) is 4. The minimum atomic E-state index is 0.362. The smallest absolute Gasteiger partial charge is 0.0995 e. The van der Waals surface area contributed by atoms with Gasteiger partial charge in [0.15, 0.2) is 0 Å². The Morgan fingerprint density at radius 3 is 2.61 bits per heavy atom. The highest BCUT2D eigenvalue weighted by molar-refractivity contribution is 5.37. The Hall–Kier alpha value is -2.19. The number of nitrogens with zero attached hydrogens (tertiary/aromatic N) is 2. The van der Waals surface area contributed by atoms with Crippen molar-refractivity contribution in [1.29, 1.82) is 5.26 Å². The monoisotopic (exact) mass is 306 g/mol. The topological polar surface area (TPSA) is 51.1 Å². The molecular formula is C19H22N4. The lowest BCUT2D eigenvalue weighted by Gasteiger charge is -2.21. The summed E-state index contributed by atoms with van der Waals surface area (Å²) in [5, 5.41) is 9.19. The zero-order valence-corrected chi connectivity index (χ0v) is 13.4. The Morgan fingerprint density at radius 2 is 1.83 bits per heavy atom. The van der Waals surface area contributed by atoms with Gasteiger partial charge in [0, 0.05) is 25.2 Å². The minimum absolute atomic E-state index is 0.362. The summed E-state index contributed by atoms with van der Waals surface area (Å²) in [6.07, 6.45) is 1.06. The van der Waals surface area contributed by atoms with Gasteiger partial charge >= 0.3 is 0 Å². The summed E-state index contributed by atoms with van der Waals surface area (Å²) in [5.41, 5.74) is 9.95. The third kappa shape index (κ3) is 3.96. The largest absolute Gasteiger partial charge is 0.300 e. The maximum absolute atomic E-state index is 9.19. The zero-order valence-electron chi connectivity index (χ0n) is 13.4. The van der Waals surface area contributed by atoms with Gasteiger partial charge in [0.1, 0.15) is 0 Å². The van der Waals surface area contributed by atoms with Crippen LogP contribution >= 0.6 is 0 Å². The van der Waals surface area contributed by atoms with E-state index in [0.29, 0.717) is 12.1 Å². The Morgan fingerprint density at radius 1 is 1.09 bits per heavy atom. The molecule has 4 nitrogen and oxygen atoms in total. The summed E-state index contributed by atoms with van der Waals surface area (Å²) in [6, 6.07) is 21.4. The molecule has 4 heteroatoms. The molecule has 23 heavy (non-hydrogen) atoms. The first kappa shape index (κ1) is 15.7. The van der Waals surface area contributed by atoms with Crippen LogP contribution in [-0.2, 0) is 6.54 Å². The maximum atomic E-state index is 9.19. The molecule has 0 amide bonds. The van der Waals surface area contributed by atoms with E-state index in [9.17, 15) is 5.26 Å². The number of nitriles is 1. The van der Waals surface area contributed by atoms with Crippen molar-refractivity contribution < 1.29 is 0 Å². The van der Waals surface area contributed by atoms with E-state index >= 15 is 0 Å². The van der Waals surface area contributed by atoms with Gasteiger partial charge in [0.25, 0.3) is 0 Å². The average molecular weight is 306 g/mol. The van der Waals surface area contributed by atoms with Crippen LogP contribution in [0.3, 0.4) is 0 Å². The summed E-state index contributed by atoms with van der Waals surface area (Å²) < 4.78 is 0. The summed E-state index contributed by atoms with van der Waals surface area (Å²) in [5.74, 6) is 0. The van der Waals surface area contributed by atoms with E-state index < -0.39 is 0 Å². The average Bonchev–Trinajstić information content (AvgIpc) is 3.04. The van der Waals surface area contributed by atoms with Gasteiger partial charge in [-0.1, -0.05) is 48.5 Å². The number of hydrogen-bond donors (Lipinski definition) is 2. The Kier molecular flexibility index (Phi) is 5.04. The Balaban J connectivity index is 1.55. The van der Waals surface area contributed by atoms with Gasteiger partial charge in [0.2, 0.25) is 0 Å². The molecule has 2 N–H and O–H groups in total. The van der Waals surface area contributed by atoms with E-state index in [1.165, 1.54) is 5.56 Å². The van der Waals surface area contributed by atoms with Gasteiger partial charge in [0.05, 0.1) is 11.6 Å². The predicted molar refractivity (Wildman–Crippen MR) is 91.4 cm³/mol. The summed E-state index contributed by atoms with van der Waals surface area (Å²) in [7, 11) is 2.10. The van der Waals surface area contributed by atoms with Crippen molar-refractivity contribution in [3.63, 3.8) is 0 Å². The first-order valence-electron chi connectivity index (χ1n) is 7.99. The molecule has 0 bridgehead atoms. The standard InChI is InChI=1S/C19H22N4/c1-23(13-17-10-6-5-9-16(17)12-20)14-18-11-19(22-21-18)15-7-3-2-4-8-15/h2-10,18-19,21-22H,11,13-14H2,1H3. The van der Waals surface area contributed by atoms with E-state index in [0.717, 1.165) is 30.6 Å². The normalized spacial score (nSPS) is 20.6. The molecule has 0 radical (unpaired) electrons. The van der Waals surface area contributed by atoms with Gasteiger partial charge in [-0.15, -0.1) is 0 Å². The minimum Gasteiger partial charge on any atom is -0.300 e. The van der Waals surface area contributed by atoms with E-state index in [4.69, 9.17) is 0 Å². The fourth-order valence-corrected chi connectivity index (χ4v) is 3.14. The number of nitrogens with one attached hydrogen (secondary N) is 2. The highest BCUT2D eigenvalue weighted by Crippen LogP contribution is 2.22. The first-order valence-corrected chi connectivity index (χ1v) is 7.99. The van der Waals surface area contributed by atoms with Crippen molar-refractivity contribution in [3.05, 3.63) is 71.3 Å². The second-order valence-corrected chi connectivity index (χ2v) is 6.15. The van der Waals surface area contributed by atoms with Gasteiger partial charge in [-0.25, -0.2) is 5.43 Å². The molecule has 2 atom stereocenters. The van der Waals surface area contributed by atoms with Gasteiger partial charge in [-0.2, -0.15) is 5.26 Å². The summed E-state index contributed by atoms with van der Waals surface area (Å²) in [6.45, 7) is 1.73. The highest BCUT2D eigenvalue weighted by Gasteiger charge is 2.25. The van der Waals surface area contributed by atoms with Crippen LogP contribution < -0.4 is 10.9 Å². The fraction of sp³-hybridized carbons (Fsp3) is 0.316. The van der Waals surface area contributed by atoms with E-state index in [1.54, 1.807) is 0 Å². The quantitative estimate of drug-likeness (QED) is 0.891. The molecule has 1 aliphatic rings. The number of rotatable bonds is 5. The van der Waals surface area contributed by atoms with Gasteiger partial charge in [-0.05, 0) is 30.7 Å². The van der Waals surface area contributed by atoms with Gasteiger partial charge in [-0.3, -0.25) is 5.43 Å². The molecule has 2 unspecified atom stereocenters. The second kappa shape index (κ2) is 7.38. The lowest BCUT2D eigenvalue weighted by atomic mass is 10.0. The van der Waals surface area contributed by atoms with Crippen LogP contribution in [0.5, 0.6) is 0 Å². The zero-order chi connectivity index (χ0) is 16.1. The number of likely N-dealkylation sites (N-methyl/N-ethyl adjacent to an activating group) is 1. The molecule has 0 saturated carbocycles. The molecule has 1 aliphatic heterocycles. The highest BCUT2D eigenvalue weighted by atomic mass is 15.4. The Labute approximate surface area is 137 Å². The van der Waals surface area contributed by atoms with Crippen LogP contribution in [0.25, 0.3) is 0 Å². The van der Waals surface area contributed by atoms with Crippen LogP contribution in [-0.4, -0.2) is 24.5 Å². The Bertz CT molecular complexity index is 677. The third-order valence-electron chi connectivity index (χ3n) is 4.29. The molecule has 2 aromatic carbocycles. The molecule has 1 fully saturated rings. The van der Waals surface area contributed by atoms with Crippen molar-refractivity contribution in [1.82, 2.24) is 15.8 Å². The van der Waals surface area contributed by atoms with Crippen molar-refractivity contribution in [2.45, 2.75) is 25.0 Å². The second-order valence-electron chi connectivity index (χ2n) is 6.15. The molecule has 3 rings (SSSR count). The lowest BCUT2D eigenvalue weighted by molar-refractivity contribution is 0.289. The van der Waals surface area contributed by atoms with Crippen LogP contribution in [0.2, 0.25) is 0 Å². The van der Waals surface area contributed by atoms with Crippen molar-refractivity contribution >= 4 is 0 Å². The first-order chi connectivity index (χ1) is 11.3. The number of benzene rings is 2. The molecule has 0 spiro atoms. The molecule has 1 heterocycles. The van der Waals surface area contributed by atoms with Gasteiger partial charge < -0.3 is 4.90 Å². The fourth-order valence-electron chi connectivity index (χ4n) is 3.14. The molecule has 1 saturated heterocycles. The summed E-state index contributed by atoms with van der Waals surface area (Å²) >= 11 is 0. The van der Waals surface area contributed by atoms with Crippen molar-refractivity contribution in [2.75, 3.05) is 13.6 Å². The van der Waals surface area contributed by atoms with E-state index in [2.05, 4.69) is 53.1 Å².